The van der Waals surface area contributed by atoms with Gasteiger partial charge in [-0.15, -0.1) is 0 Å². The average Bonchev–Trinajstić information content (AvgIpc) is 2.90. The number of hydrogen-bond acceptors (Lipinski definition) is 3. The molecule has 0 unspecified atom stereocenters. The molecule has 2 aromatic carbocycles. The van der Waals surface area contributed by atoms with Gasteiger partial charge < -0.3 is 0 Å². The molecule has 0 aliphatic heterocycles. The maximum Gasteiger partial charge on any atom is 0.272 e. The van der Waals surface area contributed by atoms with Crippen molar-refractivity contribution >= 4 is 23.7 Å². The number of carbonyl (C=O) groups excluding carboxylic acids is 1. The lowest BCUT2D eigenvalue weighted by atomic mass is 10.2. The van der Waals surface area contributed by atoms with Gasteiger partial charge in [-0.1, -0.05) is 54.1 Å². The van der Waals surface area contributed by atoms with Gasteiger partial charge in [-0.25, -0.2) is 5.43 Å². The lowest BCUT2D eigenvalue weighted by Crippen LogP contribution is -2.18. The maximum absolute atomic E-state index is 12.1. The van der Waals surface area contributed by atoms with Crippen molar-refractivity contribution in [3.05, 3.63) is 87.7 Å². The molecule has 0 radical (unpaired) electrons. The summed E-state index contributed by atoms with van der Waals surface area (Å²) in [6.45, 7) is 4.60. The van der Waals surface area contributed by atoms with Gasteiger partial charge in [-0.3, -0.25) is 9.48 Å². The van der Waals surface area contributed by atoms with Crippen LogP contribution in [0.2, 0.25) is 5.02 Å². The van der Waals surface area contributed by atoms with Crippen molar-refractivity contribution in [3.63, 3.8) is 0 Å². The molecule has 0 atom stereocenters. The molecule has 1 N–H and O–H groups in total. The molecule has 0 saturated heterocycles. The zero-order valence-corrected chi connectivity index (χ0v) is 15.4. The van der Waals surface area contributed by atoms with Crippen molar-refractivity contribution in [1.29, 1.82) is 0 Å². The summed E-state index contributed by atoms with van der Waals surface area (Å²) in [4.78, 5) is 12.1. The first-order valence-corrected chi connectivity index (χ1v) is 8.60. The molecule has 1 aromatic heterocycles. The Hall–Kier alpha value is -2.92. The quantitative estimate of drug-likeness (QED) is 0.548. The topological polar surface area (TPSA) is 59.3 Å². The number of benzene rings is 2. The molecule has 6 heteroatoms. The Morgan fingerprint density at radius 1 is 1.15 bits per heavy atom. The summed E-state index contributed by atoms with van der Waals surface area (Å²) < 4.78 is 1.93. The fourth-order valence-electron chi connectivity index (χ4n) is 2.67. The SMILES string of the molecule is Cc1nn(Cc2ccccc2)c(C)c1/C=N/NC(=O)c1ccccc1Cl. The lowest BCUT2D eigenvalue weighted by Gasteiger charge is -2.04. The van der Waals surface area contributed by atoms with E-state index in [1.165, 1.54) is 5.56 Å². The largest absolute Gasteiger partial charge is 0.272 e. The van der Waals surface area contributed by atoms with Gasteiger partial charge in [0.05, 0.1) is 29.0 Å². The maximum atomic E-state index is 12.1. The summed E-state index contributed by atoms with van der Waals surface area (Å²) in [6, 6.07) is 17.0. The second kappa shape index (κ2) is 7.97. The Kier molecular flexibility index (Phi) is 5.49. The zero-order valence-electron chi connectivity index (χ0n) is 14.6. The molecule has 0 fully saturated rings. The van der Waals surface area contributed by atoms with Gasteiger partial charge in [0.15, 0.2) is 0 Å². The fourth-order valence-corrected chi connectivity index (χ4v) is 2.89. The number of hydrazone groups is 1. The summed E-state index contributed by atoms with van der Waals surface area (Å²) >= 11 is 6.02. The third-order valence-corrected chi connectivity index (χ3v) is 4.42. The number of aryl methyl sites for hydroxylation is 1. The van der Waals surface area contributed by atoms with Gasteiger partial charge in [0, 0.05) is 11.3 Å². The van der Waals surface area contributed by atoms with Crippen LogP contribution in [0.5, 0.6) is 0 Å². The molecular formula is C20H19ClN4O. The van der Waals surface area contributed by atoms with Crippen molar-refractivity contribution in [3.8, 4) is 0 Å². The Morgan fingerprint density at radius 3 is 2.58 bits per heavy atom. The minimum atomic E-state index is -0.348. The Labute approximate surface area is 157 Å². The summed E-state index contributed by atoms with van der Waals surface area (Å²) in [5.41, 5.74) is 6.81. The standard InChI is InChI=1S/C20H19ClN4O/c1-14-18(12-22-23-20(26)17-10-6-7-11-19(17)21)15(2)25(24-14)13-16-8-4-3-5-9-16/h3-12H,13H2,1-2H3,(H,23,26)/b22-12+. The number of carbonyl (C=O) groups is 1. The van der Waals surface area contributed by atoms with Crippen molar-refractivity contribution < 1.29 is 4.79 Å². The highest BCUT2D eigenvalue weighted by Crippen LogP contribution is 2.15. The Balaban J connectivity index is 1.73. The molecule has 132 valence electrons. The van der Waals surface area contributed by atoms with E-state index in [1.807, 2.05) is 36.7 Å². The van der Waals surface area contributed by atoms with Crippen LogP contribution in [0.1, 0.15) is 32.9 Å². The molecule has 3 aromatic rings. The van der Waals surface area contributed by atoms with E-state index in [9.17, 15) is 4.79 Å². The lowest BCUT2D eigenvalue weighted by molar-refractivity contribution is 0.0955. The van der Waals surface area contributed by atoms with E-state index in [2.05, 4.69) is 27.8 Å². The number of nitrogens with zero attached hydrogens (tertiary/aromatic N) is 3. The Bertz CT molecular complexity index is 948. The van der Waals surface area contributed by atoms with E-state index >= 15 is 0 Å². The normalized spacial score (nSPS) is 11.0. The number of halogens is 1. The van der Waals surface area contributed by atoms with Gasteiger partial charge in [0.1, 0.15) is 0 Å². The van der Waals surface area contributed by atoms with E-state index < -0.39 is 0 Å². The molecule has 0 saturated carbocycles. The molecule has 0 aliphatic rings. The van der Waals surface area contributed by atoms with Crippen LogP contribution in [-0.4, -0.2) is 21.9 Å². The average molecular weight is 367 g/mol. The van der Waals surface area contributed by atoms with Gasteiger partial charge in [-0.05, 0) is 31.5 Å². The van der Waals surface area contributed by atoms with E-state index in [-0.39, 0.29) is 5.91 Å². The van der Waals surface area contributed by atoms with E-state index in [1.54, 1.807) is 30.5 Å². The molecule has 0 spiro atoms. The summed E-state index contributed by atoms with van der Waals surface area (Å²) in [7, 11) is 0. The van der Waals surface area contributed by atoms with Crippen LogP contribution >= 0.6 is 11.6 Å². The van der Waals surface area contributed by atoms with Crippen LogP contribution in [0.25, 0.3) is 0 Å². The third kappa shape index (κ3) is 4.00. The first kappa shape index (κ1) is 17.9. The predicted octanol–water partition coefficient (Wildman–Crippen LogP) is 3.97. The molecule has 3 rings (SSSR count). The highest BCUT2D eigenvalue weighted by atomic mass is 35.5. The van der Waals surface area contributed by atoms with Crippen molar-refractivity contribution in [2.24, 2.45) is 5.10 Å². The molecular weight excluding hydrogens is 348 g/mol. The second-order valence-corrected chi connectivity index (χ2v) is 6.31. The zero-order chi connectivity index (χ0) is 18.5. The van der Waals surface area contributed by atoms with Gasteiger partial charge in [0.25, 0.3) is 5.91 Å². The summed E-state index contributed by atoms with van der Waals surface area (Å²) in [5.74, 6) is -0.348. The molecule has 26 heavy (non-hydrogen) atoms. The number of aromatic nitrogens is 2. The van der Waals surface area contributed by atoms with Gasteiger partial charge in [0.2, 0.25) is 0 Å². The molecule has 0 bridgehead atoms. The van der Waals surface area contributed by atoms with Crippen LogP contribution in [-0.2, 0) is 6.54 Å². The predicted molar refractivity (Wildman–Crippen MR) is 104 cm³/mol. The van der Waals surface area contributed by atoms with Gasteiger partial charge >= 0.3 is 0 Å². The number of nitrogens with one attached hydrogen (secondary N) is 1. The first-order valence-electron chi connectivity index (χ1n) is 8.22. The number of rotatable bonds is 5. The highest BCUT2D eigenvalue weighted by Gasteiger charge is 2.11. The van der Waals surface area contributed by atoms with Crippen LogP contribution in [0, 0.1) is 13.8 Å². The first-order chi connectivity index (χ1) is 12.6. The van der Waals surface area contributed by atoms with Crippen molar-refractivity contribution in [2.45, 2.75) is 20.4 Å². The Morgan fingerprint density at radius 2 is 1.85 bits per heavy atom. The molecule has 1 heterocycles. The summed E-state index contributed by atoms with van der Waals surface area (Å²) in [5, 5.41) is 9.02. The van der Waals surface area contributed by atoms with Crippen LogP contribution < -0.4 is 5.43 Å². The monoisotopic (exact) mass is 366 g/mol. The minimum Gasteiger partial charge on any atom is -0.267 e. The number of amides is 1. The van der Waals surface area contributed by atoms with E-state index in [0.717, 1.165) is 17.0 Å². The van der Waals surface area contributed by atoms with Crippen molar-refractivity contribution in [1.82, 2.24) is 15.2 Å². The van der Waals surface area contributed by atoms with Crippen LogP contribution in [0.4, 0.5) is 0 Å². The fraction of sp³-hybridized carbons (Fsp3) is 0.150. The number of hydrogen-bond donors (Lipinski definition) is 1. The van der Waals surface area contributed by atoms with Crippen LogP contribution in [0.15, 0.2) is 59.7 Å². The van der Waals surface area contributed by atoms with Gasteiger partial charge in [-0.2, -0.15) is 10.2 Å². The molecule has 0 aliphatic carbocycles. The van der Waals surface area contributed by atoms with E-state index in [4.69, 9.17) is 11.6 Å². The smallest absolute Gasteiger partial charge is 0.267 e. The highest BCUT2D eigenvalue weighted by molar-refractivity contribution is 6.33. The third-order valence-electron chi connectivity index (χ3n) is 4.09. The summed E-state index contributed by atoms with van der Waals surface area (Å²) in [6.07, 6.45) is 1.62. The van der Waals surface area contributed by atoms with Crippen molar-refractivity contribution in [2.75, 3.05) is 0 Å². The van der Waals surface area contributed by atoms with E-state index in [0.29, 0.717) is 17.1 Å². The minimum absolute atomic E-state index is 0.348. The second-order valence-electron chi connectivity index (χ2n) is 5.91. The van der Waals surface area contributed by atoms with Crippen LogP contribution in [0.3, 0.4) is 0 Å². The molecule has 1 amide bonds. The molecule has 5 nitrogen and oxygen atoms in total.